The average Bonchev–Trinajstić information content (AvgIpc) is 2.46. The van der Waals surface area contributed by atoms with Gasteiger partial charge in [-0.25, -0.2) is 0 Å². The van der Waals surface area contributed by atoms with Crippen LogP contribution in [0.4, 0.5) is 0 Å². The lowest BCUT2D eigenvalue weighted by molar-refractivity contribution is 0.306. The Labute approximate surface area is 111 Å². The molecule has 1 aromatic heterocycles. The third-order valence-corrected chi connectivity index (χ3v) is 3.07. The van der Waals surface area contributed by atoms with Crippen molar-refractivity contribution >= 4 is 10.8 Å². The molecule has 0 saturated heterocycles. The second-order valence-electron chi connectivity index (χ2n) is 4.45. The molecule has 3 nitrogen and oxygen atoms in total. The molecule has 0 atom stereocenters. The van der Waals surface area contributed by atoms with Crippen molar-refractivity contribution in [2.75, 3.05) is 0 Å². The Hall–Kier alpha value is -2.42. The van der Waals surface area contributed by atoms with Crippen molar-refractivity contribution in [1.29, 1.82) is 0 Å². The average molecular weight is 250 g/mol. The van der Waals surface area contributed by atoms with Crippen LogP contribution in [0.5, 0.6) is 5.75 Å². The molecule has 3 heteroatoms. The molecular weight excluding hydrogens is 236 g/mol. The molecule has 19 heavy (non-hydrogen) atoms. The van der Waals surface area contributed by atoms with Crippen LogP contribution in [-0.2, 0) is 6.61 Å². The highest BCUT2D eigenvalue weighted by molar-refractivity contribution is 5.84. The largest absolute Gasteiger partial charge is 0.489 e. The Bertz CT molecular complexity index is 695. The summed E-state index contributed by atoms with van der Waals surface area (Å²) in [5.74, 6) is 0.851. The molecule has 94 valence electrons. The second kappa shape index (κ2) is 5.06. The third-order valence-electron chi connectivity index (χ3n) is 3.07. The number of aromatic nitrogens is 2. The van der Waals surface area contributed by atoms with E-state index in [2.05, 4.69) is 22.3 Å². The number of fused-ring (bicyclic) bond motifs is 1. The molecule has 0 spiro atoms. The summed E-state index contributed by atoms with van der Waals surface area (Å²) in [5.41, 5.74) is 2.10. The highest BCUT2D eigenvalue weighted by Crippen LogP contribution is 2.22. The Morgan fingerprint density at radius 1 is 1.05 bits per heavy atom. The van der Waals surface area contributed by atoms with Crippen LogP contribution in [0.25, 0.3) is 10.8 Å². The van der Waals surface area contributed by atoms with Gasteiger partial charge in [-0.1, -0.05) is 30.3 Å². The van der Waals surface area contributed by atoms with Crippen LogP contribution in [0, 0.1) is 6.92 Å². The smallest absolute Gasteiger partial charge is 0.120 e. The zero-order valence-corrected chi connectivity index (χ0v) is 10.7. The molecular formula is C16H14N2O. The van der Waals surface area contributed by atoms with E-state index in [-0.39, 0.29) is 0 Å². The fourth-order valence-corrected chi connectivity index (χ4v) is 2.04. The molecule has 0 bridgehead atoms. The summed E-state index contributed by atoms with van der Waals surface area (Å²) in [6.07, 6.45) is 1.76. The maximum absolute atomic E-state index is 5.79. The molecule has 0 aliphatic carbocycles. The highest BCUT2D eigenvalue weighted by atomic mass is 16.5. The minimum Gasteiger partial charge on any atom is -0.489 e. The lowest BCUT2D eigenvalue weighted by Crippen LogP contribution is -1.95. The topological polar surface area (TPSA) is 35.0 Å². The number of nitrogens with zero attached hydrogens (tertiary/aromatic N) is 2. The van der Waals surface area contributed by atoms with Gasteiger partial charge in [-0.2, -0.15) is 10.2 Å². The fraction of sp³-hybridized carbons (Fsp3) is 0.125. The summed E-state index contributed by atoms with van der Waals surface area (Å²) < 4.78 is 5.79. The quantitative estimate of drug-likeness (QED) is 0.713. The summed E-state index contributed by atoms with van der Waals surface area (Å²) in [6, 6.07) is 16.1. The zero-order chi connectivity index (χ0) is 13.1. The SMILES string of the molecule is Cc1nncc2cc(OCc3ccccc3)ccc12. The van der Waals surface area contributed by atoms with Gasteiger partial charge in [0, 0.05) is 10.8 Å². The van der Waals surface area contributed by atoms with Gasteiger partial charge in [0.1, 0.15) is 12.4 Å². The molecule has 0 unspecified atom stereocenters. The van der Waals surface area contributed by atoms with Crippen molar-refractivity contribution in [2.24, 2.45) is 0 Å². The van der Waals surface area contributed by atoms with Gasteiger partial charge in [0.05, 0.1) is 11.9 Å². The van der Waals surface area contributed by atoms with Crippen LogP contribution < -0.4 is 4.74 Å². The van der Waals surface area contributed by atoms with Crippen LogP contribution in [0.1, 0.15) is 11.3 Å². The van der Waals surface area contributed by atoms with Crippen LogP contribution in [0.15, 0.2) is 54.7 Å². The van der Waals surface area contributed by atoms with Gasteiger partial charge >= 0.3 is 0 Å². The van der Waals surface area contributed by atoms with Gasteiger partial charge in [0.2, 0.25) is 0 Å². The van der Waals surface area contributed by atoms with Crippen molar-refractivity contribution in [1.82, 2.24) is 10.2 Å². The number of rotatable bonds is 3. The zero-order valence-electron chi connectivity index (χ0n) is 10.7. The minimum absolute atomic E-state index is 0.573. The van der Waals surface area contributed by atoms with E-state index in [1.165, 1.54) is 0 Å². The molecule has 3 rings (SSSR count). The van der Waals surface area contributed by atoms with E-state index in [9.17, 15) is 0 Å². The molecule has 3 aromatic rings. The van der Waals surface area contributed by atoms with Crippen LogP contribution in [-0.4, -0.2) is 10.2 Å². The maximum Gasteiger partial charge on any atom is 0.120 e. The highest BCUT2D eigenvalue weighted by Gasteiger charge is 2.01. The molecule has 0 amide bonds. The van der Waals surface area contributed by atoms with Gasteiger partial charge in [-0.15, -0.1) is 0 Å². The van der Waals surface area contributed by atoms with E-state index in [0.29, 0.717) is 6.61 Å². The Balaban J connectivity index is 1.82. The first-order valence-corrected chi connectivity index (χ1v) is 6.22. The standard InChI is InChI=1S/C16H14N2O/c1-12-16-8-7-15(9-14(16)10-17-18-12)19-11-13-5-3-2-4-6-13/h2-10H,11H2,1H3. The van der Waals surface area contributed by atoms with Crippen molar-refractivity contribution in [3.8, 4) is 5.75 Å². The normalized spacial score (nSPS) is 10.6. The predicted octanol–water partition coefficient (Wildman–Crippen LogP) is 3.52. The second-order valence-corrected chi connectivity index (χ2v) is 4.45. The van der Waals surface area contributed by atoms with E-state index in [4.69, 9.17) is 4.74 Å². The molecule has 0 N–H and O–H groups in total. The van der Waals surface area contributed by atoms with Gasteiger partial charge in [0.15, 0.2) is 0 Å². The molecule has 0 aliphatic heterocycles. The van der Waals surface area contributed by atoms with Crippen molar-refractivity contribution in [3.63, 3.8) is 0 Å². The Morgan fingerprint density at radius 2 is 1.89 bits per heavy atom. The molecule has 2 aromatic carbocycles. The molecule has 0 aliphatic rings. The number of ether oxygens (including phenoxy) is 1. The number of hydrogen-bond donors (Lipinski definition) is 0. The first-order valence-electron chi connectivity index (χ1n) is 6.22. The molecule has 0 fully saturated rings. The summed E-state index contributed by atoms with van der Waals surface area (Å²) in [5, 5.41) is 10.2. The Morgan fingerprint density at radius 3 is 2.74 bits per heavy atom. The Kier molecular flexibility index (Phi) is 3.11. The van der Waals surface area contributed by atoms with Crippen LogP contribution in [0.3, 0.4) is 0 Å². The van der Waals surface area contributed by atoms with Crippen LogP contribution >= 0.6 is 0 Å². The fourth-order valence-electron chi connectivity index (χ4n) is 2.04. The summed E-state index contributed by atoms with van der Waals surface area (Å²) >= 11 is 0. The summed E-state index contributed by atoms with van der Waals surface area (Å²) in [4.78, 5) is 0. The monoisotopic (exact) mass is 250 g/mol. The summed E-state index contributed by atoms with van der Waals surface area (Å²) in [7, 11) is 0. The van der Waals surface area contributed by atoms with E-state index in [1.807, 2.05) is 43.3 Å². The lowest BCUT2D eigenvalue weighted by Gasteiger charge is -2.07. The van der Waals surface area contributed by atoms with Crippen molar-refractivity contribution < 1.29 is 4.74 Å². The van der Waals surface area contributed by atoms with Gasteiger partial charge in [-0.3, -0.25) is 0 Å². The maximum atomic E-state index is 5.79. The number of aryl methyl sites for hydroxylation is 1. The van der Waals surface area contributed by atoms with Crippen molar-refractivity contribution in [3.05, 3.63) is 66.0 Å². The first kappa shape index (κ1) is 11.7. The van der Waals surface area contributed by atoms with Crippen LogP contribution in [0.2, 0.25) is 0 Å². The van der Waals surface area contributed by atoms with E-state index >= 15 is 0 Å². The lowest BCUT2D eigenvalue weighted by atomic mass is 10.1. The third kappa shape index (κ3) is 2.55. The van der Waals surface area contributed by atoms with Crippen molar-refractivity contribution in [2.45, 2.75) is 13.5 Å². The van der Waals surface area contributed by atoms with Gasteiger partial charge in [-0.05, 0) is 30.7 Å². The predicted molar refractivity (Wildman–Crippen MR) is 75.0 cm³/mol. The van der Waals surface area contributed by atoms with E-state index in [1.54, 1.807) is 6.20 Å². The number of hydrogen-bond acceptors (Lipinski definition) is 3. The summed E-state index contributed by atoms with van der Waals surface area (Å²) in [6.45, 7) is 2.53. The minimum atomic E-state index is 0.573. The number of benzene rings is 2. The molecule has 1 heterocycles. The van der Waals surface area contributed by atoms with Gasteiger partial charge < -0.3 is 4.74 Å². The molecule has 0 radical (unpaired) electrons. The molecule has 0 saturated carbocycles. The van der Waals surface area contributed by atoms with E-state index < -0.39 is 0 Å². The first-order chi connectivity index (χ1) is 9.33. The van der Waals surface area contributed by atoms with E-state index in [0.717, 1.165) is 27.8 Å². The van der Waals surface area contributed by atoms with Gasteiger partial charge in [0.25, 0.3) is 0 Å².